The third kappa shape index (κ3) is 4.47. The molecule has 1 heterocycles. The lowest BCUT2D eigenvalue weighted by Crippen LogP contribution is -2.34. The second-order valence-corrected chi connectivity index (χ2v) is 7.89. The average molecular weight is 316 g/mol. The Morgan fingerprint density at radius 3 is 2.52 bits per heavy atom. The Morgan fingerprint density at radius 2 is 1.91 bits per heavy atom. The fraction of sp³-hybridized carbons (Fsp3) is 0.632. The summed E-state index contributed by atoms with van der Waals surface area (Å²) in [5.74, 6) is 0.777. The van der Waals surface area contributed by atoms with Crippen molar-refractivity contribution in [3.05, 3.63) is 29.8 Å². The lowest BCUT2D eigenvalue weighted by molar-refractivity contribution is 0.0543. The summed E-state index contributed by atoms with van der Waals surface area (Å²) in [7, 11) is 0. The summed E-state index contributed by atoms with van der Waals surface area (Å²) in [4.78, 5) is 14.2. The average Bonchev–Trinajstić information content (AvgIpc) is 3.21. The maximum absolute atomic E-state index is 12.4. The van der Waals surface area contributed by atoms with Crippen LogP contribution in [0.1, 0.15) is 45.6 Å². The van der Waals surface area contributed by atoms with Gasteiger partial charge in [0.2, 0.25) is 0 Å². The second-order valence-electron chi connectivity index (χ2n) is 7.89. The number of carbonyl (C=O) groups excluding carboxylic acids is 1. The molecular weight excluding hydrogens is 288 g/mol. The fourth-order valence-corrected chi connectivity index (χ4v) is 2.86. The number of nitrogens with zero attached hydrogens (tertiary/aromatic N) is 1. The number of amides is 2. The van der Waals surface area contributed by atoms with Gasteiger partial charge in [0.15, 0.2) is 0 Å². The summed E-state index contributed by atoms with van der Waals surface area (Å²) in [6.07, 6.45) is 3.77. The molecule has 23 heavy (non-hydrogen) atoms. The van der Waals surface area contributed by atoms with Crippen molar-refractivity contribution in [1.82, 2.24) is 4.90 Å². The summed E-state index contributed by atoms with van der Waals surface area (Å²) < 4.78 is 5.89. The molecule has 2 amide bonds. The second kappa shape index (κ2) is 6.52. The molecule has 1 aliphatic carbocycles. The zero-order chi connectivity index (χ0) is 16.4. The predicted molar refractivity (Wildman–Crippen MR) is 92.8 cm³/mol. The summed E-state index contributed by atoms with van der Waals surface area (Å²) >= 11 is 0. The van der Waals surface area contributed by atoms with Crippen molar-refractivity contribution >= 4 is 11.7 Å². The number of nitrogens with one attached hydrogen (secondary N) is 1. The van der Waals surface area contributed by atoms with E-state index in [1.807, 2.05) is 17.0 Å². The van der Waals surface area contributed by atoms with Crippen LogP contribution in [-0.4, -0.2) is 36.7 Å². The number of ether oxygens (including phenoxy) is 1. The predicted octanol–water partition coefficient (Wildman–Crippen LogP) is 4.02. The van der Waals surface area contributed by atoms with Gasteiger partial charge >= 0.3 is 6.03 Å². The van der Waals surface area contributed by atoms with Gasteiger partial charge in [-0.3, -0.25) is 0 Å². The number of urea groups is 1. The van der Waals surface area contributed by atoms with Crippen LogP contribution in [0.5, 0.6) is 0 Å². The van der Waals surface area contributed by atoms with E-state index in [4.69, 9.17) is 4.74 Å². The minimum absolute atomic E-state index is 0.0222. The van der Waals surface area contributed by atoms with Crippen LogP contribution in [0, 0.1) is 5.92 Å². The molecule has 3 rings (SSSR count). The van der Waals surface area contributed by atoms with Crippen molar-refractivity contribution < 1.29 is 9.53 Å². The molecule has 1 N–H and O–H groups in total. The van der Waals surface area contributed by atoms with E-state index in [1.54, 1.807) is 0 Å². The Labute approximate surface area is 139 Å². The molecule has 2 fully saturated rings. The van der Waals surface area contributed by atoms with E-state index in [-0.39, 0.29) is 17.6 Å². The quantitative estimate of drug-likeness (QED) is 0.911. The Morgan fingerprint density at radius 1 is 1.22 bits per heavy atom. The molecule has 1 saturated heterocycles. The highest BCUT2D eigenvalue weighted by molar-refractivity contribution is 5.89. The van der Waals surface area contributed by atoms with Crippen LogP contribution in [0.3, 0.4) is 0 Å². The Balaban J connectivity index is 1.48. The number of likely N-dealkylation sites (tertiary alicyclic amines) is 1. The first-order chi connectivity index (χ1) is 10.9. The Bertz CT molecular complexity index is 543. The van der Waals surface area contributed by atoms with Crippen molar-refractivity contribution in [2.24, 2.45) is 5.92 Å². The van der Waals surface area contributed by atoms with Gasteiger partial charge in [-0.15, -0.1) is 0 Å². The third-order valence-electron chi connectivity index (χ3n) is 4.70. The molecule has 1 aromatic carbocycles. The van der Waals surface area contributed by atoms with Gasteiger partial charge in [0.25, 0.3) is 0 Å². The van der Waals surface area contributed by atoms with Gasteiger partial charge in [-0.05, 0) is 48.3 Å². The molecule has 1 aromatic rings. The van der Waals surface area contributed by atoms with Crippen molar-refractivity contribution in [2.45, 2.75) is 51.6 Å². The first-order valence-corrected chi connectivity index (χ1v) is 8.70. The lowest BCUT2D eigenvalue weighted by Gasteiger charge is -2.20. The molecule has 1 aliphatic heterocycles. The van der Waals surface area contributed by atoms with E-state index in [1.165, 1.54) is 18.4 Å². The van der Waals surface area contributed by atoms with Gasteiger partial charge in [-0.25, -0.2) is 4.79 Å². The van der Waals surface area contributed by atoms with Crippen LogP contribution in [0.15, 0.2) is 24.3 Å². The molecule has 126 valence electrons. The van der Waals surface area contributed by atoms with Gasteiger partial charge < -0.3 is 15.0 Å². The summed E-state index contributed by atoms with van der Waals surface area (Å²) in [5.41, 5.74) is 2.25. The topological polar surface area (TPSA) is 41.6 Å². The van der Waals surface area contributed by atoms with Crippen LogP contribution in [-0.2, 0) is 10.2 Å². The number of hydrogen-bond donors (Lipinski definition) is 1. The molecule has 4 heteroatoms. The highest BCUT2D eigenvalue weighted by Crippen LogP contribution is 2.30. The van der Waals surface area contributed by atoms with E-state index in [0.29, 0.717) is 6.54 Å². The van der Waals surface area contributed by atoms with Gasteiger partial charge in [-0.2, -0.15) is 0 Å². The summed E-state index contributed by atoms with van der Waals surface area (Å²) in [6, 6.07) is 8.11. The van der Waals surface area contributed by atoms with Crippen LogP contribution >= 0.6 is 0 Å². The van der Waals surface area contributed by atoms with Crippen LogP contribution in [0.25, 0.3) is 0 Å². The van der Waals surface area contributed by atoms with Crippen LogP contribution < -0.4 is 5.32 Å². The minimum Gasteiger partial charge on any atom is -0.376 e. The molecule has 0 bridgehead atoms. The molecule has 0 aromatic heterocycles. The van der Waals surface area contributed by atoms with Crippen molar-refractivity contribution in [1.29, 1.82) is 0 Å². The Hall–Kier alpha value is -1.55. The highest BCUT2D eigenvalue weighted by atomic mass is 16.5. The van der Waals surface area contributed by atoms with Crippen molar-refractivity contribution in [3.8, 4) is 0 Å². The van der Waals surface area contributed by atoms with Crippen LogP contribution in [0.4, 0.5) is 10.5 Å². The lowest BCUT2D eigenvalue weighted by atomic mass is 9.87. The largest absolute Gasteiger partial charge is 0.376 e. The van der Waals surface area contributed by atoms with Crippen molar-refractivity contribution in [3.63, 3.8) is 0 Å². The molecule has 1 unspecified atom stereocenters. The van der Waals surface area contributed by atoms with E-state index in [0.717, 1.165) is 31.2 Å². The molecular formula is C19H28N2O2. The molecule has 1 saturated carbocycles. The standard InChI is InChI=1S/C19H28N2O2/c1-19(2,3)15-6-8-16(9-7-15)20-18(22)21-11-10-17(12-21)23-13-14-4-5-14/h6-9,14,17H,4-5,10-13H2,1-3H3,(H,20,22). The first kappa shape index (κ1) is 16.3. The fourth-order valence-electron chi connectivity index (χ4n) is 2.86. The molecule has 2 aliphatic rings. The zero-order valence-electron chi connectivity index (χ0n) is 14.5. The van der Waals surface area contributed by atoms with Gasteiger partial charge in [0.05, 0.1) is 6.10 Å². The van der Waals surface area contributed by atoms with E-state index < -0.39 is 0 Å². The Kier molecular flexibility index (Phi) is 4.62. The molecule has 0 spiro atoms. The molecule has 4 nitrogen and oxygen atoms in total. The van der Waals surface area contributed by atoms with E-state index in [2.05, 4.69) is 38.2 Å². The maximum atomic E-state index is 12.4. The highest BCUT2D eigenvalue weighted by Gasteiger charge is 2.29. The number of benzene rings is 1. The smallest absolute Gasteiger partial charge is 0.321 e. The maximum Gasteiger partial charge on any atom is 0.321 e. The number of anilines is 1. The zero-order valence-corrected chi connectivity index (χ0v) is 14.5. The summed E-state index contributed by atoms with van der Waals surface area (Å²) in [5, 5.41) is 2.99. The third-order valence-corrected chi connectivity index (χ3v) is 4.70. The molecule has 1 atom stereocenters. The number of hydrogen-bond acceptors (Lipinski definition) is 2. The normalized spacial score (nSPS) is 21.5. The SMILES string of the molecule is CC(C)(C)c1ccc(NC(=O)N2CCC(OCC3CC3)C2)cc1. The van der Waals surface area contributed by atoms with Crippen molar-refractivity contribution in [2.75, 3.05) is 25.0 Å². The number of rotatable bonds is 4. The number of carbonyl (C=O) groups is 1. The monoisotopic (exact) mass is 316 g/mol. The van der Waals surface area contributed by atoms with E-state index in [9.17, 15) is 4.79 Å². The molecule has 0 radical (unpaired) electrons. The van der Waals surface area contributed by atoms with Gasteiger partial charge in [-0.1, -0.05) is 32.9 Å². The minimum atomic E-state index is -0.0222. The van der Waals surface area contributed by atoms with Crippen LogP contribution in [0.2, 0.25) is 0 Å². The van der Waals surface area contributed by atoms with Gasteiger partial charge in [0, 0.05) is 25.4 Å². The first-order valence-electron chi connectivity index (χ1n) is 8.70. The van der Waals surface area contributed by atoms with Gasteiger partial charge in [0.1, 0.15) is 0 Å². The summed E-state index contributed by atoms with van der Waals surface area (Å²) in [6.45, 7) is 8.92. The van der Waals surface area contributed by atoms with E-state index >= 15 is 0 Å².